The van der Waals surface area contributed by atoms with Crippen LogP contribution in [0.1, 0.15) is 7.43 Å². The maximum Gasteiger partial charge on any atom is 0.0949 e. The molecule has 0 saturated heterocycles. The van der Waals surface area contributed by atoms with Gasteiger partial charge in [0, 0.05) is 18.7 Å². The van der Waals surface area contributed by atoms with Gasteiger partial charge in [0.2, 0.25) is 0 Å². The lowest BCUT2D eigenvalue weighted by molar-refractivity contribution is 0.881. The third-order valence-electron chi connectivity index (χ3n) is 1.01. The summed E-state index contributed by atoms with van der Waals surface area (Å²) in [5.41, 5.74) is 0. The molecule has 1 aromatic rings. The summed E-state index contributed by atoms with van der Waals surface area (Å²) >= 11 is 0. The number of aromatic nitrogens is 2. The molecule has 0 aliphatic heterocycles. The van der Waals surface area contributed by atoms with Gasteiger partial charge in [-0.3, -0.25) is 0 Å². The van der Waals surface area contributed by atoms with Gasteiger partial charge in [-0.2, -0.15) is 0 Å². The Bertz CT molecular complexity index is 209. The van der Waals surface area contributed by atoms with Gasteiger partial charge in [0.15, 0.2) is 0 Å². The Morgan fingerprint density at radius 2 is 1.53 bits per heavy atom. The summed E-state index contributed by atoms with van der Waals surface area (Å²) in [5, 5.41) is 0. The molecule has 1 heterocycles. The molecule has 0 amide bonds. The van der Waals surface area contributed by atoms with Gasteiger partial charge in [0.05, 0.1) is 6.33 Å². The first kappa shape index (κ1) is 22.7. The van der Waals surface area contributed by atoms with Crippen LogP contribution in [0.2, 0.25) is 0 Å². The topological polar surface area (TPSA) is 17.8 Å². The third-order valence-corrected chi connectivity index (χ3v) is 1.90. The summed E-state index contributed by atoms with van der Waals surface area (Å²) in [6.07, 6.45) is 6.82. The molecule has 104 valence electrons. The van der Waals surface area contributed by atoms with Crippen LogP contribution < -0.4 is 0 Å². The van der Waals surface area contributed by atoms with Gasteiger partial charge in [-0.05, 0) is 46.7 Å². The van der Waals surface area contributed by atoms with Crippen LogP contribution in [-0.4, -0.2) is 56.2 Å². The van der Waals surface area contributed by atoms with Crippen molar-refractivity contribution in [2.24, 2.45) is 0 Å². The molecule has 0 radical (unpaired) electrons. The van der Waals surface area contributed by atoms with Gasteiger partial charge in [-0.1, -0.05) is 15.3 Å². The Balaban J connectivity index is -0.000000210. The average Bonchev–Trinajstić information content (AvgIpc) is 2.55. The fraction of sp³-hybridized carbons (Fsp3) is 0.750. The molecule has 0 atom stereocenters. The molecular weight excluding hydrogens is 265 g/mol. The van der Waals surface area contributed by atoms with Crippen molar-refractivity contribution in [1.82, 2.24) is 9.55 Å². The maximum atomic E-state index is 3.95. The van der Waals surface area contributed by atoms with E-state index in [1.54, 1.807) is 0 Å². The highest BCUT2D eigenvalue weighted by atomic mass is 31.1. The highest BCUT2D eigenvalue weighted by Gasteiger charge is 1.91. The van der Waals surface area contributed by atoms with Crippen LogP contribution in [-0.2, 0) is 6.29 Å². The first-order chi connectivity index (χ1) is 7.43. The number of rotatable bonds is 2. The predicted octanol–water partition coefficient (Wildman–Crippen LogP) is 4.50. The highest BCUT2D eigenvalue weighted by Crippen LogP contribution is 2.25. The lowest BCUT2D eigenvalue weighted by Gasteiger charge is -2.04. The zero-order chi connectivity index (χ0) is 13.0. The van der Waals surface area contributed by atoms with Crippen molar-refractivity contribution in [1.29, 1.82) is 0 Å². The molecule has 0 fully saturated rings. The molecular formula is C12H31N2P3. The quantitative estimate of drug-likeness (QED) is 0.735. The molecule has 0 N–H and O–H groups in total. The molecule has 0 aromatic carbocycles. The van der Waals surface area contributed by atoms with E-state index in [1.807, 2.05) is 18.7 Å². The smallest absolute Gasteiger partial charge is 0.0949 e. The number of hydrogen-bond donors (Lipinski definition) is 0. The van der Waals surface area contributed by atoms with Crippen LogP contribution in [0.3, 0.4) is 0 Å². The minimum Gasteiger partial charge on any atom is -0.333 e. The highest BCUT2D eigenvalue weighted by molar-refractivity contribution is 7.55. The molecule has 0 bridgehead atoms. The van der Waals surface area contributed by atoms with Crippen molar-refractivity contribution in [3.05, 3.63) is 18.7 Å². The molecule has 0 aliphatic rings. The van der Waals surface area contributed by atoms with Gasteiger partial charge >= 0.3 is 0 Å². The molecule has 0 spiro atoms. The Morgan fingerprint density at radius 1 is 1.12 bits per heavy atom. The van der Waals surface area contributed by atoms with Gasteiger partial charge in [-0.25, -0.2) is 4.98 Å². The van der Waals surface area contributed by atoms with Crippen LogP contribution in [0.25, 0.3) is 0 Å². The standard InChI is InChI=1S/C6H11N2P.C3H9P.C2H7P.CH4/c1-9(2)6-8-4-3-7-5-8;1-4(2)3;1-3-2;/h3-5H,6H2,1-2H3;1-3H3;3H,1-2H3;1H4. The monoisotopic (exact) mass is 296 g/mol. The van der Waals surface area contributed by atoms with E-state index in [1.165, 1.54) is 0 Å². The summed E-state index contributed by atoms with van der Waals surface area (Å²) in [4.78, 5) is 3.95. The van der Waals surface area contributed by atoms with Crippen LogP contribution in [0.15, 0.2) is 18.7 Å². The number of nitrogens with zero attached hydrogens (tertiary/aromatic N) is 2. The van der Waals surface area contributed by atoms with E-state index < -0.39 is 0 Å². The Morgan fingerprint density at radius 3 is 1.76 bits per heavy atom. The number of hydrogen-bond acceptors (Lipinski definition) is 1. The second-order valence-electron chi connectivity index (χ2n) is 4.14. The lowest BCUT2D eigenvalue weighted by atomic mass is 10.9. The fourth-order valence-corrected chi connectivity index (χ4v) is 1.52. The van der Waals surface area contributed by atoms with E-state index in [-0.39, 0.29) is 15.3 Å². The summed E-state index contributed by atoms with van der Waals surface area (Å²) < 4.78 is 2.12. The van der Waals surface area contributed by atoms with Crippen LogP contribution in [0.4, 0.5) is 0 Å². The zero-order valence-electron chi connectivity index (χ0n) is 11.7. The van der Waals surface area contributed by atoms with Gasteiger partial charge < -0.3 is 4.57 Å². The van der Waals surface area contributed by atoms with E-state index in [4.69, 9.17) is 0 Å². The lowest BCUT2D eigenvalue weighted by Crippen LogP contribution is -1.89. The SMILES string of the molecule is C.CP(C)C.CP(C)Cn1ccnc1.CPC. The molecule has 1 aromatic heterocycles. The average molecular weight is 296 g/mol. The molecule has 5 heteroatoms. The van der Waals surface area contributed by atoms with E-state index in [2.05, 4.69) is 56.2 Å². The Hall–Kier alpha value is 0.500. The zero-order valence-corrected chi connectivity index (χ0v) is 14.5. The Labute approximate surface area is 113 Å². The second kappa shape index (κ2) is 16.5. The first-order valence-electron chi connectivity index (χ1n) is 5.23. The molecule has 17 heavy (non-hydrogen) atoms. The molecule has 1 rings (SSSR count). The molecule has 2 nitrogen and oxygen atoms in total. The summed E-state index contributed by atoms with van der Waals surface area (Å²) in [6, 6.07) is 0. The van der Waals surface area contributed by atoms with Crippen molar-refractivity contribution in [3.8, 4) is 0 Å². The van der Waals surface area contributed by atoms with E-state index in [9.17, 15) is 0 Å². The van der Waals surface area contributed by atoms with Crippen LogP contribution in [0, 0.1) is 0 Å². The summed E-state index contributed by atoms with van der Waals surface area (Å²) in [7, 11) is 1.63. The normalized spacial score (nSPS) is 8.76. The maximum absolute atomic E-state index is 3.95. The molecule has 0 saturated carbocycles. The minimum atomic E-state index is 0. The van der Waals surface area contributed by atoms with Crippen LogP contribution >= 0.6 is 24.4 Å². The molecule has 0 unspecified atom stereocenters. The molecule has 0 aliphatic carbocycles. The third kappa shape index (κ3) is 26.2. The van der Waals surface area contributed by atoms with Gasteiger partial charge in [0.25, 0.3) is 0 Å². The van der Waals surface area contributed by atoms with Crippen molar-refractivity contribution in [2.75, 3.05) is 46.7 Å². The largest absolute Gasteiger partial charge is 0.333 e. The van der Waals surface area contributed by atoms with Crippen molar-refractivity contribution in [3.63, 3.8) is 0 Å². The van der Waals surface area contributed by atoms with Crippen molar-refractivity contribution >= 4 is 24.4 Å². The first-order valence-corrected chi connectivity index (χ1v) is 12.3. The van der Waals surface area contributed by atoms with Crippen molar-refractivity contribution in [2.45, 2.75) is 13.7 Å². The van der Waals surface area contributed by atoms with Gasteiger partial charge in [0.1, 0.15) is 0 Å². The van der Waals surface area contributed by atoms with E-state index >= 15 is 0 Å². The Kier molecular flexibility index (Phi) is 22.0. The summed E-state index contributed by atoms with van der Waals surface area (Å²) in [5.74, 6) is 0. The second-order valence-corrected chi connectivity index (χ2v) is 10.3. The fourth-order valence-electron chi connectivity index (χ4n) is 0.697. The predicted molar refractivity (Wildman–Crippen MR) is 92.6 cm³/mol. The van der Waals surface area contributed by atoms with Gasteiger partial charge in [-0.15, -0.1) is 16.5 Å². The number of imidazole rings is 1. The van der Waals surface area contributed by atoms with Crippen molar-refractivity contribution < 1.29 is 0 Å². The van der Waals surface area contributed by atoms with E-state index in [0.29, 0.717) is 7.92 Å². The van der Waals surface area contributed by atoms with E-state index in [0.717, 1.165) is 14.9 Å². The summed E-state index contributed by atoms with van der Waals surface area (Å²) in [6.45, 7) is 15.5. The minimum absolute atomic E-state index is 0. The van der Waals surface area contributed by atoms with Crippen LogP contribution in [0.5, 0.6) is 0 Å².